The van der Waals surface area contributed by atoms with Crippen LogP contribution >= 0.6 is 11.6 Å². The summed E-state index contributed by atoms with van der Waals surface area (Å²) >= 11 is 6.27. The fraction of sp³-hybridized carbons (Fsp3) is 0.316. The SMILES string of the molecule is Cc1noc(C)c1C(C)CNc1cnn(Cc2ccccc2)c(=O)c1Cl. The van der Waals surface area contributed by atoms with Crippen molar-refractivity contribution in [3.8, 4) is 0 Å². The van der Waals surface area contributed by atoms with E-state index >= 15 is 0 Å². The molecule has 7 heteroatoms. The van der Waals surface area contributed by atoms with Crippen LogP contribution in [-0.2, 0) is 6.54 Å². The van der Waals surface area contributed by atoms with Crippen LogP contribution in [0, 0.1) is 13.8 Å². The first kappa shape index (κ1) is 18.2. The minimum atomic E-state index is -0.314. The second-order valence-corrected chi connectivity index (χ2v) is 6.72. The van der Waals surface area contributed by atoms with Crippen LogP contribution in [0.2, 0.25) is 5.02 Å². The van der Waals surface area contributed by atoms with Gasteiger partial charge in [-0.25, -0.2) is 4.68 Å². The molecule has 6 nitrogen and oxygen atoms in total. The summed E-state index contributed by atoms with van der Waals surface area (Å²) in [6, 6.07) is 9.67. The van der Waals surface area contributed by atoms with E-state index in [4.69, 9.17) is 16.1 Å². The van der Waals surface area contributed by atoms with Gasteiger partial charge in [0.15, 0.2) is 0 Å². The molecule has 26 heavy (non-hydrogen) atoms. The van der Waals surface area contributed by atoms with Crippen molar-refractivity contribution in [2.75, 3.05) is 11.9 Å². The first-order chi connectivity index (χ1) is 12.5. The number of benzene rings is 1. The number of aryl methyl sites for hydroxylation is 2. The van der Waals surface area contributed by atoms with Crippen molar-refractivity contribution in [1.29, 1.82) is 0 Å². The van der Waals surface area contributed by atoms with Gasteiger partial charge in [0.1, 0.15) is 10.8 Å². The molecule has 0 bridgehead atoms. The molecule has 1 N–H and O–H groups in total. The van der Waals surface area contributed by atoms with Gasteiger partial charge in [-0.15, -0.1) is 0 Å². The lowest BCUT2D eigenvalue weighted by Crippen LogP contribution is -2.25. The summed E-state index contributed by atoms with van der Waals surface area (Å²) in [5.41, 5.74) is 3.15. The number of aromatic nitrogens is 3. The number of nitrogens with one attached hydrogen (secondary N) is 1. The topological polar surface area (TPSA) is 73.0 Å². The van der Waals surface area contributed by atoms with Gasteiger partial charge in [0.2, 0.25) is 0 Å². The molecule has 0 fully saturated rings. The summed E-state index contributed by atoms with van der Waals surface area (Å²) in [6.45, 7) is 6.85. The zero-order chi connectivity index (χ0) is 18.7. The minimum absolute atomic E-state index is 0.141. The van der Waals surface area contributed by atoms with Gasteiger partial charge in [0.25, 0.3) is 5.56 Å². The smallest absolute Gasteiger partial charge is 0.287 e. The lowest BCUT2D eigenvalue weighted by Gasteiger charge is -2.15. The Morgan fingerprint density at radius 3 is 2.65 bits per heavy atom. The first-order valence-electron chi connectivity index (χ1n) is 8.43. The summed E-state index contributed by atoms with van der Waals surface area (Å²) in [5.74, 6) is 0.961. The van der Waals surface area contributed by atoms with Gasteiger partial charge in [-0.05, 0) is 19.4 Å². The highest BCUT2D eigenvalue weighted by molar-refractivity contribution is 6.32. The van der Waals surface area contributed by atoms with E-state index < -0.39 is 0 Å². The number of halogens is 1. The van der Waals surface area contributed by atoms with E-state index in [9.17, 15) is 4.79 Å². The van der Waals surface area contributed by atoms with Crippen LogP contribution in [0.1, 0.15) is 35.4 Å². The van der Waals surface area contributed by atoms with E-state index in [2.05, 4.69) is 22.5 Å². The maximum Gasteiger partial charge on any atom is 0.287 e. The van der Waals surface area contributed by atoms with Gasteiger partial charge in [0.05, 0.1) is 24.1 Å². The minimum Gasteiger partial charge on any atom is -0.382 e. The van der Waals surface area contributed by atoms with E-state index in [1.807, 2.05) is 44.2 Å². The van der Waals surface area contributed by atoms with Gasteiger partial charge >= 0.3 is 0 Å². The second kappa shape index (κ2) is 7.74. The van der Waals surface area contributed by atoms with Crippen LogP contribution in [0.3, 0.4) is 0 Å². The van der Waals surface area contributed by atoms with Crippen molar-refractivity contribution >= 4 is 17.3 Å². The number of anilines is 1. The normalized spacial score (nSPS) is 12.2. The summed E-state index contributed by atoms with van der Waals surface area (Å²) in [7, 11) is 0. The van der Waals surface area contributed by atoms with Crippen molar-refractivity contribution in [1.82, 2.24) is 14.9 Å². The van der Waals surface area contributed by atoms with Gasteiger partial charge < -0.3 is 9.84 Å². The Hall–Kier alpha value is -2.60. The number of nitrogens with zero attached hydrogens (tertiary/aromatic N) is 3. The highest BCUT2D eigenvalue weighted by atomic mass is 35.5. The zero-order valence-electron chi connectivity index (χ0n) is 15.0. The Morgan fingerprint density at radius 1 is 1.27 bits per heavy atom. The summed E-state index contributed by atoms with van der Waals surface area (Å²) in [6.07, 6.45) is 1.59. The summed E-state index contributed by atoms with van der Waals surface area (Å²) in [5, 5.41) is 11.6. The average molecular weight is 373 g/mol. The molecule has 136 valence electrons. The Labute approximate surface area is 156 Å². The number of hydrogen-bond acceptors (Lipinski definition) is 5. The molecule has 0 spiro atoms. The fourth-order valence-corrected chi connectivity index (χ4v) is 3.23. The van der Waals surface area contributed by atoms with E-state index in [1.165, 1.54) is 4.68 Å². The molecule has 1 atom stereocenters. The lowest BCUT2D eigenvalue weighted by atomic mass is 9.99. The van der Waals surface area contributed by atoms with Crippen LogP contribution in [-0.4, -0.2) is 21.5 Å². The molecule has 2 aromatic heterocycles. The van der Waals surface area contributed by atoms with Gasteiger partial charge in [-0.3, -0.25) is 4.79 Å². The Kier molecular flexibility index (Phi) is 5.42. The van der Waals surface area contributed by atoms with E-state index in [0.717, 1.165) is 22.6 Å². The van der Waals surface area contributed by atoms with Crippen molar-refractivity contribution in [3.63, 3.8) is 0 Å². The highest BCUT2D eigenvalue weighted by Crippen LogP contribution is 2.24. The molecule has 1 aromatic carbocycles. The van der Waals surface area contributed by atoms with Crippen LogP contribution in [0.25, 0.3) is 0 Å². The second-order valence-electron chi connectivity index (χ2n) is 6.34. The zero-order valence-corrected chi connectivity index (χ0v) is 15.7. The molecule has 0 amide bonds. The average Bonchev–Trinajstić information content (AvgIpc) is 2.97. The van der Waals surface area contributed by atoms with E-state index in [-0.39, 0.29) is 16.5 Å². The molecule has 3 aromatic rings. The van der Waals surface area contributed by atoms with Crippen LogP contribution in [0.4, 0.5) is 5.69 Å². The molecule has 0 aliphatic carbocycles. The fourth-order valence-electron chi connectivity index (χ4n) is 3.02. The van der Waals surface area contributed by atoms with Gasteiger partial charge in [-0.1, -0.05) is 54.0 Å². The van der Waals surface area contributed by atoms with Crippen molar-refractivity contribution in [2.45, 2.75) is 33.2 Å². The van der Waals surface area contributed by atoms with Crippen molar-refractivity contribution in [2.24, 2.45) is 0 Å². The molecule has 0 saturated heterocycles. The molecule has 0 saturated carbocycles. The third kappa shape index (κ3) is 3.80. The Balaban J connectivity index is 1.73. The number of hydrogen-bond donors (Lipinski definition) is 1. The maximum absolute atomic E-state index is 12.5. The molecule has 0 radical (unpaired) electrons. The molecule has 1 unspecified atom stereocenters. The molecule has 0 aliphatic heterocycles. The van der Waals surface area contributed by atoms with Crippen LogP contribution in [0.5, 0.6) is 0 Å². The lowest BCUT2D eigenvalue weighted by molar-refractivity contribution is 0.391. The first-order valence-corrected chi connectivity index (χ1v) is 8.81. The number of rotatable bonds is 6. The predicted octanol–water partition coefficient (Wildman–Crippen LogP) is 3.77. The summed E-state index contributed by atoms with van der Waals surface area (Å²) < 4.78 is 6.58. The van der Waals surface area contributed by atoms with E-state index in [0.29, 0.717) is 18.8 Å². The van der Waals surface area contributed by atoms with Crippen LogP contribution in [0.15, 0.2) is 45.8 Å². The monoisotopic (exact) mass is 372 g/mol. The molecule has 2 heterocycles. The predicted molar refractivity (Wildman–Crippen MR) is 102 cm³/mol. The third-order valence-corrected chi connectivity index (χ3v) is 4.71. The van der Waals surface area contributed by atoms with Crippen molar-refractivity contribution < 1.29 is 4.52 Å². The van der Waals surface area contributed by atoms with Crippen molar-refractivity contribution in [3.05, 3.63) is 74.5 Å². The molecule has 0 aliphatic rings. The maximum atomic E-state index is 12.5. The van der Waals surface area contributed by atoms with Crippen LogP contribution < -0.4 is 10.9 Å². The Morgan fingerprint density at radius 2 is 2.00 bits per heavy atom. The molecule has 3 rings (SSSR count). The Bertz CT molecular complexity index is 930. The standard InChI is InChI=1S/C19H21ClN4O2/c1-12(17-13(2)23-26-14(17)3)9-21-16-10-22-24(19(25)18(16)20)11-15-7-5-4-6-8-15/h4-8,10,12,21H,9,11H2,1-3H3. The largest absolute Gasteiger partial charge is 0.382 e. The molecular formula is C19H21ClN4O2. The molecular weight excluding hydrogens is 352 g/mol. The summed E-state index contributed by atoms with van der Waals surface area (Å²) in [4.78, 5) is 12.5. The van der Waals surface area contributed by atoms with Gasteiger partial charge in [-0.2, -0.15) is 5.10 Å². The quantitative estimate of drug-likeness (QED) is 0.713. The highest BCUT2D eigenvalue weighted by Gasteiger charge is 2.17. The third-order valence-electron chi connectivity index (χ3n) is 4.34. The van der Waals surface area contributed by atoms with Gasteiger partial charge in [0, 0.05) is 18.0 Å². The van der Waals surface area contributed by atoms with E-state index in [1.54, 1.807) is 6.20 Å².